The number of hydrogen-bond donors (Lipinski definition) is 1. The largest absolute Gasteiger partial charge is 0.480 e. The highest BCUT2D eigenvalue weighted by Gasteiger charge is 2.32. The van der Waals surface area contributed by atoms with Gasteiger partial charge in [-0.3, -0.25) is 9.69 Å². The van der Waals surface area contributed by atoms with Gasteiger partial charge in [-0.25, -0.2) is 0 Å². The minimum atomic E-state index is -0.706. The first kappa shape index (κ1) is 9.52. The quantitative estimate of drug-likeness (QED) is 0.678. The predicted molar refractivity (Wildman–Crippen MR) is 47.1 cm³/mol. The van der Waals surface area contributed by atoms with Crippen LogP contribution in [-0.2, 0) is 4.79 Å². The summed E-state index contributed by atoms with van der Waals surface area (Å²) in [4.78, 5) is 12.6. The molecule has 0 aromatic carbocycles. The molecule has 3 nitrogen and oxygen atoms in total. The summed E-state index contributed by atoms with van der Waals surface area (Å²) in [5, 5.41) is 8.66. The van der Waals surface area contributed by atoms with Crippen molar-refractivity contribution in [3.63, 3.8) is 0 Å². The molecular formula is C9H17NO2. The smallest absolute Gasteiger partial charge is 0.317 e. The molecule has 1 saturated carbocycles. The summed E-state index contributed by atoms with van der Waals surface area (Å²) >= 11 is 0. The molecule has 0 saturated heterocycles. The molecule has 1 atom stereocenters. The van der Waals surface area contributed by atoms with E-state index in [-0.39, 0.29) is 6.54 Å². The van der Waals surface area contributed by atoms with Gasteiger partial charge in [0, 0.05) is 12.1 Å². The van der Waals surface area contributed by atoms with Gasteiger partial charge in [0.15, 0.2) is 0 Å². The Morgan fingerprint density at radius 2 is 2.25 bits per heavy atom. The molecule has 0 radical (unpaired) electrons. The van der Waals surface area contributed by atoms with Crippen LogP contribution in [0.2, 0.25) is 0 Å². The Balaban J connectivity index is 2.42. The maximum atomic E-state index is 10.5. The molecule has 1 N–H and O–H groups in total. The lowest BCUT2D eigenvalue weighted by Gasteiger charge is -2.26. The van der Waals surface area contributed by atoms with Crippen molar-refractivity contribution in [1.29, 1.82) is 0 Å². The van der Waals surface area contributed by atoms with Crippen LogP contribution in [0.1, 0.15) is 33.1 Å². The van der Waals surface area contributed by atoms with Gasteiger partial charge in [-0.05, 0) is 26.2 Å². The second-order valence-electron chi connectivity index (χ2n) is 3.55. The zero-order valence-corrected chi connectivity index (χ0v) is 7.79. The lowest BCUT2D eigenvalue weighted by molar-refractivity contribution is -0.139. The van der Waals surface area contributed by atoms with E-state index >= 15 is 0 Å². The first-order valence-electron chi connectivity index (χ1n) is 4.62. The molecule has 70 valence electrons. The van der Waals surface area contributed by atoms with E-state index in [9.17, 15) is 4.79 Å². The maximum absolute atomic E-state index is 10.5. The molecule has 0 bridgehead atoms. The van der Waals surface area contributed by atoms with Crippen LogP contribution in [0.5, 0.6) is 0 Å². The number of aliphatic carboxylic acids is 1. The highest BCUT2D eigenvalue weighted by atomic mass is 16.4. The van der Waals surface area contributed by atoms with Crippen LogP contribution in [0.3, 0.4) is 0 Å². The van der Waals surface area contributed by atoms with Crippen LogP contribution >= 0.6 is 0 Å². The fourth-order valence-corrected chi connectivity index (χ4v) is 1.44. The molecule has 0 spiro atoms. The molecule has 12 heavy (non-hydrogen) atoms. The second kappa shape index (κ2) is 3.90. The molecule has 0 aromatic heterocycles. The molecular weight excluding hydrogens is 154 g/mol. The second-order valence-corrected chi connectivity index (χ2v) is 3.55. The fourth-order valence-electron chi connectivity index (χ4n) is 1.44. The van der Waals surface area contributed by atoms with Crippen LogP contribution in [0.15, 0.2) is 0 Å². The highest BCUT2D eigenvalue weighted by molar-refractivity contribution is 5.69. The third-order valence-electron chi connectivity index (χ3n) is 2.49. The third kappa shape index (κ3) is 2.48. The molecule has 1 aliphatic rings. The summed E-state index contributed by atoms with van der Waals surface area (Å²) in [6.07, 6.45) is 3.39. The Bertz CT molecular complexity index is 166. The van der Waals surface area contributed by atoms with Gasteiger partial charge >= 0.3 is 5.97 Å². The summed E-state index contributed by atoms with van der Waals surface area (Å²) < 4.78 is 0. The van der Waals surface area contributed by atoms with Crippen molar-refractivity contribution in [1.82, 2.24) is 4.90 Å². The summed E-state index contributed by atoms with van der Waals surface area (Å²) in [5.41, 5.74) is 0. The van der Waals surface area contributed by atoms with Crippen LogP contribution < -0.4 is 0 Å². The number of rotatable bonds is 5. The number of nitrogens with zero attached hydrogens (tertiary/aromatic N) is 1. The van der Waals surface area contributed by atoms with E-state index in [0.29, 0.717) is 12.1 Å². The van der Waals surface area contributed by atoms with Crippen molar-refractivity contribution in [2.24, 2.45) is 0 Å². The van der Waals surface area contributed by atoms with Crippen molar-refractivity contribution >= 4 is 5.97 Å². The molecule has 0 aromatic rings. The van der Waals surface area contributed by atoms with Gasteiger partial charge in [-0.15, -0.1) is 0 Å². The van der Waals surface area contributed by atoms with Crippen molar-refractivity contribution in [3.8, 4) is 0 Å². The number of carboxylic acid groups (broad SMARTS) is 1. The van der Waals surface area contributed by atoms with E-state index in [2.05, 4.69) is 18.7 Å². The van der Waals surface area contributed by atoms with E-state index < -0.39 is 5.97 Å². The average Bonchev–Trinajstić information content (AvgIpc) is 2.81. The number of carboxylic acids is 1. The Morgan fingerprint density at radius 1 is 1.67 bits per heavy atom. The lowest BCUT2D eigenvalue weighted by atomic mass is 10.2. The predicted octanol–water partition coefficient (Wildman–Crippen LogP) is 1.33. The van der Waals surface area contributed by atoms with Gasteiger partial charge in [0.25, 0.3) is 0 Å². The van der Waals surface area contributed by atoms with Crippen molar-refractivity contribution in [2.45, 2.75) is 45.2 Å². The minimum Gasteiger partial charge on any atom is -0.480 e. The van der Waals surface area contributed by atoms with Crippen molar-refractivity contribution < 1.29 is 9.90 Å². The molecule has 0 aliphatic heterocycles. The topological polar surface area (TPSA) is 40.5 Å². The van der Waals surface area contributed by atoms with Crippen LogP contribution in [0.25, 0.3) is 0 Å². The first-order chi connectivity index (χ1) is 5.65. The molecule has 1 unspecified atom stereocenters. The SMILES string of the molecule is CCC(C)N(CC(=O)O)C1CC1. The van der Waals surface area contributed by atoms with Gasteiger partial charge in [0.2, 0.25) is 0 Å². The average molecular weight is 171 g/mol. The molecule has 3 heteroatoms. The molecule has 1 fully saturated rings. The van der Waals surface area contributed by atoms with Crippen molar-refractivity contribution in [2.75, 3.05) is 6.54 Å². The zero-order chi connectivity index (χ0) is 9.14. The van der Waals surface area contributed by atoms with E-state index in [1.54, 1.807) is 0 Å². The van der Waals surface area contributed by atoms with Gasteiger partial charge in [-0.1, -0.05) is 6.92 Å². The number of carbonyl (C=O) groups is 1. The minimum absolute atomic E-state index is 0.208. The molecule has 0 amide bonds. The van der Waals surface area contributed by atoms with Gasteiger partial charge in [0.05, 0.1) is 6.54 Å². The Kier molecular flexibility index (Phi) is 3.09. The molecule has 1 rings (SSSR count). The number of hydrogen-bond acceptors (Lipinski definition) is 2. The fraction of sp³-hybridized carbons (Fsp3) is 0.889. The van der Waals surface area contributed by atoms with E-state index in [1.807, 2.05) is 0 Å². The Labute approximate surface area is 73.4 Å². The maximum Gasteiger partial charge on any atom is 0.317 e. The summed E-state index contributed by atoms with van der Waals surface area (Å²) in [7, 11) is 0. The summed E-state index contributed by atoms with van der Waals surface area (Å²) in [6, 6.07) is 0.963. The monoisotopic (exact) mass is 171 g/mol. The Morgan fingerprint density at radius 3 is 2.58 bits per heavy atom. The van der Waals surface area contributed by atoms with E-state index in [0.717, 1.165) is 6.42 Å². The molecule has 1 aliphatic carbocycles. The zero-order valence-electron chi connectivity index (χ0n) is 7.79. The first-order valence-corrected chi connectivity index (χ1v) is 4.62. The third-order valence-corrected chi connectivity index (χ3v) is 2.49. The normalized spacial score (nSPS) is 19.6. The van der Waals surface area contributed by atoms with Crippen LogP contribution in [0, 0.1) is 0 Å². The van der Waals surface area contributed by atoms with Gasteiger partial charge in [-0.2, -0.15) is 0 Å². The van der Waals surface area contributed by atoms with Crippen molar-refractivity contribution in [3.05, 3.63) is 0 Å². The Hall–Kier alpha value is -0.570. The summed E-state index contributed by atoms with van der Waals surface area (Å²) in [5.74, 6) is -0.706. The van der Waals surface area contributed by atoms with E-state index in [1.165, 1.54) is 12.8 Å². The summed E-state index contributed by atoms with van der Waals surface area (Å²) in [6.45, 7) is 4.41. The van der Waals surface area contributed by atoms with Gasteiger partial charge < -0.3 is 5.11 Å². The highest BCUT2D eigenvalue weighted by Crippen LogP contribution is 2.28. The standard InChI is InChI=1S/C9H17NO2/c1-3-7(2)10(6-9(11)12)8-4-5-8/h7-8H,3-6H2,1-2H3,(H,11,12). The van der Waals surface area contributed by atoms with E-state index in [4.69, 9.17) is 5.11 Å². The van der Waals surface area contributed by atoms with Crippen LogP contribution in [0.4, 0.5) is 0 Å². The van der Waals surface area contributed by atoms with Gasteiger partial charge in [0.1, 0.15) is 0 Å². The van der Waals surface area contributed by atoms with Crippen LogP contribution in [-0.4, -0.2) is 34.6 Å². The lowest BCUT2D eigenvalue weighted by Crippen LogP contribution is -2.38. The molecule has 0 heterocycles.